The number of nitrogens with two attached hydrogens (primary N) is 1. The molecule has 0 radical (unpaired) electrons. The molecular formula is C16H23N3S. The molecule has 20 heavy (non-hydrogen) atoms. The Balaban J connectivity index is 2.06. The van der Waals surface area contributed by atoms with Crippen LogP contribution in [0.15, 0.2) is 29.6 Å². The molecule has 0 amide bonds. The minimum Gasteiger partial charge on any atom is -0.330 e. The van der Waals surface area contributed by atoms with Crippen molar-refractivity contribution in [1.82, 2.24) is 9.88 Å². The number of hydrogen-bond acceptors (Lipinski definition) is 4. The molecule has 0 fully saturated rings. The van der Waals surface area contributed by atoms with E-state index in [0.717, 1.165) is 36.8 Å². The summed E-state index contributed by atoms with van der Waals surface area (Å²) >= 11 is 1.69. The van der Waals surface area contributed by atoms with Gasteiger partial charge < -0.3 is 5.73 Å². The van der Waals surface area contributed by atoms with E-state index >= 15 is 0 Å². The van der Waals surface area contributed by atoms with Crippen molar-refractivity contribution in [1.29, 1.82) is 0 Å². The quantitative estimate of drug-likeness (QED) is 0.851. The summed E-state index contributed by atoms with van der Waals surface area (Å²) in [6.45, 7) is 8.26. The lowest BCUT2D eigenvalue weighted by molar-refractivity contribution is 0.296. The maximum absolute atomic E-state index is 5.56. The summed E-state index contributed by atoms with van der Waals surface area (Å²) in [6.07, 6.45) is 0.858. The Bertz CT molecular complexity index is 515. The number of rotatable bonds is 7. The van der Waals surface area contributed by atoms with Crippen LogP contribution in [0.1, 0.15) is 25.1 Å². The lowest BCUT2D eigenvalue weighted by Crippen LogP contribution is -2.21. The molecule has 0 aliphatic carbocycles. The zero-order valence-corrected chi connectivity index (χ0v) is 13.1. The van der Waals surface area contributed by atoms with Gasteiger partial charge in [-0.3, -0.25) is 4.90 Å². The first-order valence-electron chi connectivity index (χ1n) is 7.23. The monoisotopic (exact) mass is 289 g/mol. The van der Waals surface area contributed by atoms with Crippen LogP contribution >= 0.6 is 11.3 Å². The van der Waals surface area contributed by atoms with E-state index in [9.17, 15) is 0 Å². The first-order valence-corrected chi connectivity index (χ1v) is 8.10. The van der Waals surface area contributed by atoms with Gasteiger partial charge in [0.1, 0.15) is 5.01 Å². The van der Waals surface area contributed by atoms with Gasteiger partial charge in [-0.1, -0.05) is 38.1 Å². The molecule has 0 atom stereocenters. The van der Waals surface area contributed by atoms with E-state index in [1.807, 2.05) is 0 Å². The number of benzene rings is 1. The Morgan fingerprint density at radius 1 is 1.15 bits per heavy atom. The molecule has 1 aromatic heterocycles. The topological polar surface area (TPSA) is 42.2 Å². The van der Waals surface area contributed by atoms with E-state index in [0.29, 0.717) is 6.54 Å². The molecule has 2 aromatic rings. The second-order valence-electron chi connectivity index (χ2n) is 4.84. The first-order chi connectivity index (χ1) is 9.76. The Labute approximate surface area is 125 Å². The Hall–Kier alpha value is -1.23. The molecule has 0 saturated carbocycles. The smallest absolute Gasteiger partial charge is 0.123 e. The van der Waals surface area contributed by atoms with Crippen LogP contribution in [-0.2, 0) is 13.0 Å². The summed E-state index contributed by atoms with van der Waals surface area (Å²) in [5.74, 6) is 0. The van der Waals surface area contributed by atoms with Gasteiger partial charge in [-0.15, -0.1) is 11.3 Å². The van der Waals surface area contributed by atoms with Gasteiger partial charge in [0.15, 0.2) is 0 Å². The third kappa shape index (κ3) is 3.88. The molecule has 2 rings (SSSR count). The van der Waals surface area contributed by atoms with Crippen molar-refractivity contribution in [2.24, 2.45) is 5.73 Å². The summed E-state index contributed by atoms with van der Waals surface area (Å²) in [6, 6.07) is 8.75. The van der Waals surface area contributed by atoms with Crippen LogP contribution in [0, 0.1) is 0 Å². The summed E-state index contributed by atoms with van der Waals surface area (Å²) in [7, 11) is 0. The highest BCUT2D eigenvalue weighted by Crippen LogP contribution is 2.24. The summed E-state index contributed by atoms with van der Waals surface area (Å²) in [5.41, 5.74) is 9.21. The van der Waals surface area contributed by atoms with Gasteiger partial charge in [0.25, 0.3) is 0 Å². The van der Waals surface area contributed by atoms with Crippen LogP contribution in [0.2, 0.25) is 0 Å². The third-order valence-electron chi connectivity index (χ3n) is 3.45. The van der Waals surface area contributed by atoms with Crippen molar-refractivity contribution in [3.63, 3.8) is 0 Å². The Morgan fingerprint density at radius 2 is 1.85 bits per heavy atom. The van der Waals surface area contributed by atoms with Crippen molar-refractivity contribution in [2.75, 3.05) is 19.6 Å². The van der Waals surface area contributed by atoms with E-state index in [1.165, 1.54) is 11.1 Å². The fourth-order valence-corrected chi connectivity index (χ4v) is 3.02. The van der Waals surface area contributed by atoms with E-state index in [1.54, 1.807) is 11.3 Å². The molecular weight excluding hydrogens is 266 g/mol. The van der Waals surface area contributed by atoms with Crippen molar-refractivity contribution >= 4 is 11.3 Å². The zero-order valence-electron chi connectivity index (χ0n) is 12.3. The van der Waals surface area contributed by atoms with Crippen LogP contribution in [0.3, 0.4) is 0 Å². The molecule has 0 unspecified atom stereocenters. The molecule has 0 bridgehead atoms. The molecule has 1 heterocycles. The van der Waals surface area contributed by atoms with Gasteiger partial charge in [0.2, 0.25) is 0 Å². The van der Waals surface area contributed by atoms with Crippen molar-refractivity contribution < 1.29 is 0 Å². The van der Waals surface area contributed by atoms with Gasteiger partial charge in [0.05, 0.1) is 5.69 Å². The number of thiazole rings is 1. The SMILES string of the molecule is CCN(CC)Cc1ccc(-c2nc(CCN)cs2)cc1. The second-order valence-corrected chi connectivity index (χ2v) is 5.70. The lowest BCUT2D eigenvalue weighted by Gasteiger charge is -2.17. The minimum atomic E-state index is 0.659. The van der Waals surface area contributed by atoms with E-state index in [4.69, 9.17) is 5.73 Å². The van der Waals surface area contributed by atoms with Crippen molar-refractivity contribution in [3.05, 3.63) is 40.9 Å². The summed E-state index contributed by atoms with van der Waals surface area (Å²) in [4.78, 5) is 7.04. The Kier molecular flexibility index (Phi) is 5.71. The van der Waals surface area contributed by atoms with E-state index in [-0.39, 0.29) is 0 Å². The third-order valence-corrected chi connectivity index (χ3v) is 4.39. The molecule has 0 aliphatic rings. The van der Waals surface area contributed by atoms with Crippen LogP contribution < -0.4 is 5.73 Å². The van der Waals surface area contributed by atoms with Crippen LogP contribution in [0.25, 0.3) is 10.6 Å². The molecule has 1 aromatic carbocycles. The van der Waals surface area contributed by atoms with E-state index < -0.39 is 0 Å². The van der Waals surface area contributed by atoms with Crippen molar-refractivity contribution in [3.8, 4) is 10.6 Å². The largest absolute Gasteiger partial charge is 0.330 e. The summed E-state index contributed by atoms with van der Waals surface area (Å²) < 4.78 is 0. The molecule has 4 heteroatoms. The summed E-state index contributed by atoms with van der Waals surface area (Å²) in [5, 5.41) is 3.19. The predicted molar refractivity (Wildman–Crippen MR) is 86.9 cm³/mol. The highest BCUT2D eigenvalue weighted by Gasteiger charge is 2.05. The van der Waals surface area contributed by atoms with Gasteiger partial charge in [0, 0.05) is 23.9 Å². The zero-order chi connectivity index (χ0) is 14.4. The Morgan fingerprint density at radius 3 is 2.45 bits per heavy atom. The molecule has 2 N–H and O–H groups in total. The standard InChI is InChI=1S/C16H23N3S/c1-3-19(4-2)11-13-5-7-14(8-6-13)16-18-15(9-10-17)12-20-16/h5-8,12H,3-4,9-11,17H2,1-2H3. The average molecular weight is 289 g/mol. The normalized spacial score (nSPS) is 11.2. The average Bonchev–Trinajstić information content (AvgIpc) is 2.94. The van der Waals surface area contributed by atoms with Gasteiger partial charge >= 0.3 is 0 Å². The first kappa shape index (κ1) is 15.2. The van der Waals surface area contributed by atoms with Gasteiger partial charge in [-0.05, 0) is 25.2 Å². The fourth-order valence-electron chi connectivity index (χ4n) is 2.16. The maximum atomic E-state index is 5.56. The lowest BCUT2D eigenvalue weighted by atomic mass is 10.1. The molecule has 0 spiro atoms. The number of aromatic nitrogens is 1. The molecule has 0 saturated heterocycles. The number of hydrogen-bond donors (Lipinski definition) is 1. The molecule has 108 valence electrons. The molecule has 0 aliphatic heterocycles. The van der Waals surface area contributed by atoms with Crippen LogP contribution in [0.5, 0.6) is 0 Å². The second kappa shape index (κ2) is 7.53. The van der Waals surface area contributed by atoms with E-state index in [2.05, 4.69) is 53.4 Å². The number of nitrogens with zero attached hydrogens (tertiary/aromatic N) is 2. The predicted octanol–water partition coefficient (Wildman–Crippen LogP) is 3.15. The van der Waals surface area contributed by atoms with Gasteiger partial charge in [-0.2, -0.15) is 0 Å². The van der Waals surface area contributed by atoms with Crippen LogP contribution in [0.4, 0.5) is 0 Å². The maximum Gasteiger partial charge on any atom is 0.123 e. The fraction of sp³-hybridized carbons (Fsp3) is 0.438. The molecule has 3 nitrogen and oxygen atoms in total. The minimum absolute atomic E-state index is 0.659. The van der Waals surface area contributed by atoms with Gasteiger partial charge in [-0.25, -0.2) is 4.98 Å². The van der Waals surface area contributed by atoms with Crippen molar-refractivity contribution in [2.45, 2.75) is 26.8 Å². The van der Waals surface area contributed by atoms with Crippen LogP contribution in [-0.4, -0.2) is 29.5 Å². The highest BCUT2D eigenvalue weighted by molar-refractivity contribution is 7.13. The highest BCUT2D eigenvalue weighted by atomic mass is 32.1.